The average Bonchev–Trinajstić information content (AvgIpc) is 3.01. The van der Waals surface area contributed by atoms with E-state index in [0.717, 1.165) is 10.1 Å². The highest BCUT2D eigenvalue weighted by atomic mass is 35.5. The van der Waals surface area contributed by atoms with Gasteiger partial charge in [-0.2, -0.15) is 0 Å². The molecule has 152 valence electrons. The van der Waals surface area contributed by atoms with Gasteiger partial charge in [0, 0.05) is 5.02 Å². The lowest BCUT2D eigenvalue weighted by Crippen LogP contribution is -2.34. The maximum Gasteiger partial charge on any atom is 0.342 e. The Labute approximate surface area is 171 Å². The van der Waals surface area contributed by atoms with Gasteiger partial charge >= 0.3 is 5.97 Å². The lowest BCUT2D eigenvalue weighted by molar-refractivity contribution is -0.122. The molecule has 1 atom stereocenters. The molecular weight excluding hydrogens is 398 g/mol. The van der Waals surface area contributed by atoms with Gasteiger partial charge in [0.1, 0.15) is 29.6 Å². The standard InChI is InChI=1S/C20H20ClN3O5/c1-4-28-20(27)16-12(3)29-18-17(16)19(26)24(10-22-18)9-15(25)23-11(2)13-6-5-7-14(21)8-13/h5-8,10-11H,4,9H2,1-3H3,(H,23,25)/t11-/m0/s1. The van der Waals surface area contributed by atoms with Gasteiger partial charge in [0.15, 0.2) is 0 Å². The molecule has 0 saturated heterocycles. The molecule has 1 aromatic carbocycles. The summed E-state index contributed by atoms with van der Waals surface area (Å²) in [6.07, 6.45) is 1.21. The molecule has 0 saturated carbocycles. The number of fused-ring (bicyclic) bond motifs is 1. The van der Waals surface area contributed by atoms with Gasteiger partial charge in [-0.05, 0) is 38.5 Å². The van der Waals surface area contributed by atoms with Crippen molar-refractivity contribution in [1.29, 1.82) is 0 Å². The molecule has 0 radical (unpaired) electrons. The number of nitrogens with zero attached hydrogens (tertiary/aromatic N) is 2. The molecule has 0 spiro atoms. The van der Waals surface area contributed by atoms with E-state index >= 15 is 0 Å². The number of nitrogens with one attached hydrogen (secondary N) is 1. The number of rotatable bonds is 6. The van der Waals surface area contributed by atoms with Crippen LogP contribution in [-0.2, 0) is 16.1 Å². The van der Waals surface area contributed by atoms with Crippen LogP contribution in [0.3, 0.4) is 0 Å². The molecule has 2 aromatic heterocycles. The summed E-state index contributed by atoms with van der Waals surface area (Å²) in [7, 11) is 0. The number of esters is 1. The molecule has 29 heavy (non-hydrogen) atoms. The molecule has 0 bridgehead atoms. The SMILES string of the molecule is CCOC(=O)c1c(C)oc2ncn(CC(=O)N[C@@H](C)c3cccc(Cl)c3)c(=O)c12. The van der Waals surface area contributed by atoms with E-state index in [0.29, 0.717) is 5.02 Å². The van der Waals surface area contributed by atoms with Crippen molar-refractivity contribution in [2.45, 2.75) is 33.4 Å². The van der Waals surface area contributed by atoms with Crippen LogP contribution in [0.1, 0.15) is 41.6 Å². The van der Waals surface area contributed by atoms with Crippen LogP contribution in [-0.4, -0.2) is 28.0 Å². The molecule has 8 nitrogen and oxygen atoms in total. The Balaban J connectivity index is 1.85. The molecule has 0 fully saturated rings. The fourth-order valence-corrected chi connectivity index (χ4v) is 3.20. The van der Waals surface area contributed by atoms with E-state index in [2.05, 4.69) is 10.3 Å². The molecule has 0 unspecified atom stereocenters. The second kappa shape index (κ2) is 8.48. The van der Waals surface area contributed by atoms with Crippen LogP contribution in [0.4, 0.5) is 0 Å². The van der Waals surface area contributed by atoms with Crippen molar-refractivity contribution >= 4 is 34.6 Å². The van der Waals surface area contributed by atoms with E-state index in [1.807, 2.05) is 13.0 Å². The van der Waals surface area contributed by atoms with Crippen molar-refractivity contribution in [2.24, 2.45) is 0 Å². The third-order valence-corrected chi connectivity index (χ3v) is 4.61. The number of amides is 1. The van der Waals surface area contributed by atoms with E-state index < -0.39 is 17.4 Å². The number of ether oxygens (including phenoxy) is 1. The van der Waals surface area contributed by atoms with Crippen LogP contribution in [0.15, 0.2) is 39.8 Å². The predicted molar refractivity (Wildman–Crippen MR) is 107 cm³/mol. The van der Waals surface area contributed by atoms with Crippen molar-refractivity contribution in [2.75, 3.05) is 6.61 Å². The Morgan fingerprint density at radius 2 is 2.14 bits per heavy atom. The van der Waals surface area contributed by atoms with Gasteiger partial charge in [-0.3, -0.25) is 14.2 Å². The minimum Gasteiger partial charge on any atom is -0.462 e. The molecule has 1 N–H and O–H groups in total. The van der Waals surface area contributed by atoms with E-state index in [1.165, 1.54) is 6.33 Å². The number of hydrogen-bond donors (Lipinski definition) is 1. The Morgan fingerprint density at radius 1 is 1.38 bits per heavy atom. The first-order valence-corrected chi connectivity index (χ1v) is 9.40. The van der Waals surface area contributed by atoms with E-state index in [4.69, 9.17) is 20.8 Å². The molecule has 2 heterocycles. The van der Waals surface area contributed by atoms with Crippen LogP contribution in [0.2, 0.25) is 5.02 Å². The summed E-state index contributed by atoms with van der Waals surface area (Å²) in [5.41, 5.74) is 0.336. The van der Waals surface area contributed by atoms with Gasteiger partial charge in [0.2, 0.25) is 11.6 Å². The third kappa shape index (κ3) is 4.32. The Morgan fingerprint density at radius 3 is 2.83 bits per heavy atom. The Bertz CT molecular complexity index is 1130. The second-order valence-corrected chi connectivity index (χ2v) is 6.89. The Hall–Kier alpha value is -3.13. The highest BCUT2D eigenvalue weighted by molar-refractivity contribution is 6.30. The average molecular weight is 418 g/mol. The van der Waals surface area contributed by atoms with Gasteiger partial charge in [-0.15, -0.1) is 0 Å². The maximum atomic E-state index is 12.9. The summed E-state index contributed by atoms with van der Waals surface area (Å²) in [5, 5.41) is 3.38. The molecular formula is C20H20ClN3O5. The lowest BCUT2D eigenvalue weighted by Gasteiger charge is -2.15. The molecule has 1 amide bonds. The first kappa shape index (κ1) is 20.6. The third-order valence-electron chi connectivity index (χ3n) is 4.37. The van der Waals surface area contributed by atoms with Crippen LogP contribution in [0.25, 0.3) is 11.1 Å². The summed E-state index contributed by atoms with van der Waals surface area (Å²) in [6.45, 7) is 4.92. The van der Waals surface area contributed by atoms with E-state index in [-0.39, 0.29) is 41.6 Å². The molecule has 9 heteroatoms. The monoisotopic (exact) mass is 417 g/mol. The lowest BCUT2D eigenvalue weighted by atomic mass is 10.1. The largest absolute Gasteiger partial charge is 0.462 e. The van der Waals surface area contributed by atoms with Crippen LogP contribution >= 0.6 is 11.6 Å². The first-order chi connectivity index (χ1) is 13.8. The van der Waals surface area contributed by atoms with Gasteiger partial charge in [-0.1, -0.05) is 23.7 Å². The number of carbonyl (C=O) groups excluding carboxylic acids is 2. The molecule has 3 aromatic rings. The van der Waals surface area contributed by atoms with Crippen molar-refractivity contribution in [1.82, 2.24) is 14.9 Å². The van der Waals surface area contributed by atoms with E-state index in [1.54, 1.807) is 32.0 Å². The fourth-order valence-electron chi connectivity index (χ4n) is 3.00. The smallest absolute Gasteiger partial charge is 0.342 e. The summed E-state index contributed by atoms with van der Waals surface area (Å²) < 4.78 is 11.5. The summed E-state index contributed by atoms with van der Waals surface area (Å²) >= 11 is 5.98. The number of benzene rings is 1. The highest BCUT2D eigenvalue weighted by Gasteiger charge is 2.24. The summed E-state index contributed by atoms with van der Waals surface area (Å²) in [5.74, 6) is -0.821. The number of hydrogen-bond acceptors (Lipinski definition) is 6. The Kier molecular flexibility index (Phi) is 6.03. The van der Waals surface area contributed by atoms with Crippen LogP contribution in [0.5, 0.6) is 0 Å². The minimum absolute atomic E-state index is 0.000797. The highest BCUT2D eigenvalue weighted by Crippen LogP contribution is 2.22. The minimum atomic E-state index is -0.667. The maximum absolute atomic E-state index is 12.9. The van der Waals surface area contributed by atoms with Crippen molar-refractivity contribution in [3.63, 3.8) is 0 Å². The predicted octanol–water partition coefficient (Wildman–Crippen LogP) is 3.01. The summed E-state index contributed by atoms with van der Waals surface area (Å²) in [6, 6.07) is 6.83. The van der Waals surface area contributed by atoms with Crippen molar-refractivity contribution < 1.29 is 18.7 Å². The zero-order valence-electron chi connectivity index (χ0n) is 16.2. The summed E-state index contributed by atoms with van der Waals surface area (Å²) in [4.78, 5) is 41.6. The number of carbonyl (C=O) groups is 2. The quantitative estimate of drug-likeness (QED) is 0.618. The molecule has 0 aliphatic heterocycles. The van der Waals surface area contributed by atoms with Crippen molar-refractivity contribution in [3.8, 4) is 0 Å². The zero-order valence-corrected chi connectivity index (χ0v) is 16.9. The van der Waals surface area contributed by atoms with Gasteiger partial charge in [-0.25, -0.2) is 9.78 Å². The van der Waals surface area contributed by atoms with Crippen LogP contribution < -0.4 is 10.9 Å². The van der Waals surface area contributed by atoms with Crippen molar-refractivity contribution in [3.05, 3.63) is 62.9 Å². The second-order valence-electron chi connectivity index (χ2n) is 6.46. The number of aryl methyl sites for hydroxylation is 1. The topological polar surface area (TPSA) is 103 Å². The number of furan rings is 1. The fraction of sp³-hybridized carbons (Fsp3) is 0.300. The van der Waals surface area contributed by atoms with Gasteiger partial charge in [0.25, 0.3) is 5.56 Å². The van der Waals surface area contributed by atoms with Gasteiger partial charge in [0.05, 0.1) is 12.6 Å². The molecule has 0 aliphatic rings. The normalized spacial score (nSPS) is 12.0. The zero-order chi connectivity index (χ0) is 21.1. The number of halogens is 1. The van der Waals surface area contributed by atoms with Gasteiger partial charge < -0.3 is 14.5 Å². The number of aromatic nitrogens is 2. The molecule has 0 aliphatic carbocycles. The van der Waals surface area contributed by atoms with E-state index in [9.17, 15) is 14.4 Å². The van der Waals surface area contributed by atoms with Crippen LogP contribution in [0, 0.1) is 6.92 Å². The molecule has 3 rings (SSSR count). The first-order valence-electron chi connectivity index (χ1n) is 9.02.